The molecule has 1 atom stereocenters. The van der Waals surface area contributed by atoms with Crippen molar-refractivity contribution < 1.29 is 4.79 Å². The summed E-state index contributed by atoms with van der Waals surface area (Å²) in [5, 5.41) is 4.29. The van der Waals surface area contributed by atoms with Crippen LogP contribution in [-0.2, 0) is 13.5 Å². The number of aromatic nitrogens is 2. The summed E-state index contributed by atoms with van der Waals surface area (Å²) in [4.78, 5) is 14.5. The Balaban J connectivity index is 2.00. The molecule has 0 N–H and O–H groups in total. The van der Waals surface area contributed by atoms with Gasteiger partial charge in [0.1, 0.15) is 0 Å². The highest BCUT2D eigenvalue weighted by Crippen LogP contribution is 2.32. The molecular weight excluding hydrogens is 238 g/mol. The molecular formula is C15H17N3O. The van der Waals surface area contributed by atoms with E-state index in [2.05, 4.69) is 18.1 Å². The zero-order valence-corrected chi connectivity index (χ0v) is 11.4. The van der Waals surface area contributed by atoms with Gasteiger partial charge in [-0.15, -0.1) is 0 Å². The Hall–Kier alpha value is -2.10. The molecule has 0 bridgehead atoms. The van der Waals surface area contributed by atoms with E-state index in [0.29, 0.717) is 5.69 Å². The lowest BCUT2D eigenvalue weighted by Crippen LogP contribution is -2.36. The molecule has 2 aromatic rings. The molecule has 1 amide bonds. The highest BCUT2D eigenvalue weighted by atomic mass is 16.2. The SMILES string of the molecule is Cc1cc(C(=O)N2c3ccccc3CC2C)nn1C. The van der Waals surface area contributed by atoms with E-state index in [1.54, 1.807) is 4.68 Å². The molecule has 0 saturated heterocycles. The van der Waals surface area contributed by atoms with Crippen LogP contribution in [0.1, 0.15) is 28.7 Å². The molecule has 19 heavy (non-hydrogen) atoms. The van der Waals surface area contributed by atoms with Gasteiger partial charge >= 0.3 is 0 Å². The van der Waals surface area contributed by atoms with Crippen LogP contribution < -0.4 is 4.90 Å². The van der Waals surface area contributed by atoms with E-state index in [0.717, 1.165) is 17.8 Å². The minimum Gasteiger partial charge on any atom is -0.304 e. The maximum Gasteiger partial charge on any atom is 0.279 e. The number of rotatable bonds is 1. The molecule has 0 fully saturated rings. The van der Waals surface area contributed by atoms with Gasteiger partial charge in [-0.2, -0.15) is 5.10 Å². The number of para-hydroxylation sites is 1. The number of anilines is 1. The van der Waals surface area contributed by atoms with Crippen molar-refractivity contribution in [3.05, 3.63) is 47.3 Å². The van der Waals surface area contributed by atoms with Gasteiger partial charge in [0.2, 0.25) is 0 Å². The average molecular weight is 255 g/mol. The molecule has 1 aliphatic heterocycles. The second-order valence-electron chi connectivity index (χ2n) is 5.15. The fraction of sp³-hybridized carbons (Fsp3) is 0.333. The third kappa shape index (κ3) is 1.84. The van der Waals surface area contributed by atoms with Crippen molar-refractivity contribution in [2.45, 2.75) is 26.3 Å². The van der Waals surface area contributed by atoms with Crippen LogP contribution in [0.5, 0.6) is 0 Å². The van der Waals surface area contributed by atoms with Crippen molar-refractivity contribution in [3.8, 4) is 0 Å². The smallest absolute Gasteiger partial charge is 0.279 e. The summed E-state index contributed by atoms with van der Waals surface area (Å²) in [5.74, 6) is -0.0128. The lowest BCUT2D eigenvalue weighted by atomic mass is 10.1. The van der Waals surface area contributed by atoms with Gasteiger partial charge in [-0.25, -0.2) is 0 Å². The molecule has 1 aliphatic rings. The first-order chi connectivity index (χ1) is 9.08. The van der Waals surface area contributed by atoms with E-state index in [9.17, 15) is 4.79 Å². The molecule has 4 nitrogen and oxygen atoms in total. The van der Waals surface area contributed by atoms with Crippen LogP contribution in [0, 0.1) is 6.92 Å². The monoisotopic (exact) mass is 255 g/mol. The Morgan fingerprint density at radius 2 is 2.11 bits per heavy atom. The Morgan fingerprint density at radius 3 is 2.79 bits per heavy atom. The predicted molar refractivity (Wildman–Crippen MR) is 74.4 cm³/mol. The highest BCUT2D eigenvalue weighted by molar-refractivity contribution is 6.06. The van der Waals surface area contributed by atoms with Crippen molar-refractivity contribution in [3.63, 3.8) is 0 Å². The van der Waals surface area contributed by atoms with Crippen LogP contribution in [0.2, 0.25) is 0 Å². The van der Waals surface area contributed by atoms with E-state index in [1.807, 2.05) is 43.1 Å². The number of carbonyl (C=O) groups excluding carboxylic acids is 1. The maximum atomic E-state index is 12.6. The van der Waals surface area contributed by atoms with Gasteiger partial charge in [-0.3, -0.25) is 9.48 Å². The van der Waals surface area contributed by atoms with Crippen LogP contribution >= 0.6 is 0 Å². The first-order valence-corrected chi connectivity index (χ1v) is 6.50. The summed E-state index contributed by atoms with van der Waals surface area (Å²) in [6, 6.07) is 10.1. The minimum absolute atomic E-state index is 0.0128. The van der Waals surface area contributed by atoms with E-state index >= 15 is 0 Å². The van der Waals surface area contributed by atoms with Crippen molar-refractivity contribution in [1.82, 2.24) is 9.78 Å². The third-order valence-corrected chi connectivity index (χ3v) is 3.76. The van der Waals surface area contributed by atoms with Crippen molar-refractivity contribution in [1.29, 1.82) is 0 Å². The number of aryl methyl sites for hydroxylation is 2. The lowest BCUT2D eigenvalue weighted by molar-refractivity contribution is 0.0976. The Morgan fingerprint density at radius 1 is 1.37 bits per heavy atom. The number of hydrogen-bond donors (Lipinski definition) is 0. The standard InChI is InChI=1S/C15H17N3O/c1-10-9-13(16-17(10)3)15(19)18-11(2)8-12-6-4-5-7-14(12)18/h4-7,9,11H,8H2,1-3H3. The summed E-state index contributed by atoms with van der Waals surface area (Å²) in [7, 11) is 1.85. The number of nitrogens with zero attached hydrogens (tertiary/aromatic N) is 3. The fourth-order valence-electron chi connectivity index (χ4n) is 2.66. The van der Waals surface area contributed by atoms with Crippen LogP contribution in [0.3, 0.4) is 0 Å². The molecule has 4 heteroatoms. The molecule has 0 spiro atoms. The van der Waals surface area contributed by atoms with Gasteiger partial charge in [0.25, 0.3) is 5.91 Å². The summed E-state index contributed by atoms with van der Waals surface area (Å²) < 4.78 is 1.74. The van der Waals surface area contributed by atoms with Crippen LogP contribution in [-0.4, -0.2) is 21.7 Å². The predicted octanol–water partition coefficient (Wildman–Crippen LogP) is 2.32. The minimum atomic E-state index is -0.0128. The quantitative estimate of drug-likeness (QED) is 0.784. The molecule has 1 unspecified atom stereocenters. The van der Waals surface area contributed by atoms with E-state index < -0.39 is 0 Å². The third-order valence-electron chi connectivity index (χ3n) is 3.76. The van der Waals surface area contributed by atoms with Gasteiger partial charge < -0.3 is 4.90 Å². The van der Waals surface area contributed by atoms with E-state index in [4.69, 9.17) is 0 Å². The number of carbonyl (C=O) groups is 1. The summed E-state index contributed by atoms with van der Waals surface area (Å²) >= 11 is 0. The first kappa shape index (κ1) is 12.0. The molecule has 2 heterocycles. The van der Waals surface area contributed by atoms with Crippen LogP contribution in [0.4, 0.5) is 5.69 Å². The molecule has 1 aromatic carbocycles. The molecule has 1 aromatic heterocycles. The zero-order valence-electron chi connectivity index (χ0n) is 11.4. The second-order valence-corrected chi connectivity index (χ2v) is 5.15. The Labute approximate surface area is 112 Å². The second kappa shape index (κ2) is 4.23. The lowest BCUT2D eigenvalue weighted by Gasteiger charge is -2.21. The summed E-state index contributed by atoms with van der Waals surface area (Å²) in [6.45, 7) is 4.03. The Kier molecular flexibility index (Phi) is 2.66. The van der Waals surface area contributed by atoms with Crippen molar-refractivity contribution >= 4 is 11.6 Å². The summed E-state index contributed by atoms with van der Waals surface area (Å²) in [5.41, 5.74) is 3.76. The van der Waals surface area contributed by atoms with Gasteiger partial charge in [0.05, 0.1) is 0 Å². The van der Waals surface area contributed by atoms with Gasteiger partial charge in [0, 0.05) is 24.5 Å². The molecule has 3 rings (SSSR count). The normalized spacial score (nSPS) is 17.6. The van der Waals surface area contributed by atoms with Gasteiger partial charge in [-0.05, 0) is 38.0 Å². The summed E-state index contributed by atoms with van der Waals surface area (Å²) in [6.07, 6.45) is 0.910. The number of fused-ring (bicyclic) bond motifs is 1. The van der Waals surface area contributed by atoms with E-state index in [-0.39, 0.29) is 11.9 Å². The van der Waals surface area contributed by atoms with Gasteiger partial charge in [0.15, 0.2) is 5.69 Å². The zero-order chi connectivity index (χ0) is 13.6. The van der Waals surface area contributed by atoms with Crippen molar-refractivity contribution in [2.24, 2.45) is 7.05 Å². The average Bonchev–Trinajstić information content (AvgIpc) is 2.89. The largest absolute Gasteiger partial charge is 0.304 e. The van der Waals surface area contributed by atoms with Crippen LogP contribution in [0.25, 0.3) is 0 Å². The Bertz CT molecular complexity index is 625. The molecule has 0 radical (unpaired) electrons. The molecule has 98 valence electrons. The topological polar surface area (TPSA) is 38.1 Å². The number of hydrogen-bond acceptors (Lipinski definition) is 2. The number of benzene rings is 1. The van der Waals surface area contributed by atoms with Gasteiger partial charge in [-0.1, -0.05) is 18.2 Å². The molecule has 0 aliphatic carbocycles. The maximum absolute atomic E-state index is 12.6. The van der Waals surface area contributed by atoms with Crippen molar-refractivity contribution in [2.75, 3.05) is 4.90 Å². The van der Waals surface area contributed by atoms with E-state index in [1.165, 1.54) is 5.56 Å². The highest BCUT2D eigenvalue weighted by Gasteiger charge is 2.32. The first-order valence-electron chi connectivity index (χ1n) is 6.50. The van der Waals surface area contributed by atoms with Crippen LogP contribution in [0.15, 0.2) is 30.3 Å². The molecule has 0 saturated carbocycles. The number of amides is 1. The fourth-order valence-corrected chi connectivity index (χ4v) is 2.66.